The third kappa shape index (κ3) is 7.65. The molecule has 1 saturated carbocycles. The average Bonchev–Trinajstić information content (AvgIpc) is 2.82. The van der Waals surface area contributed by atoms with Crippen molar-refractivity contribution in [1.82, 2.24) is 0 Å². The van der Waals surface area contributed by atoms with Crippen LogP contribution in [0.3, 0.4) is 0 Å². The summed E-state index contributed by atoms with van der Waals surface area (Å²) in [7, 11) is 0. The zero-order valence-corrected chi connectivity index (χ0v) is 20.2. The SMILES string of the molecule is CCCC1CCC(OC(=O)c2ccc(C=CC(=O)OCC(C)c3cc(N)cc(N)c3)cc2)CC1. The first-order chi connectivity index (χ1) is 16.3. The molecule has 1 aliphatic carbocycles. The lowest BCUT2D eigenvalue weighted by molar-refractivity contribution is -0.138. The number of hydrogen-bond acceptors (Lipinski definition) is 6. The van der Waals surface area contributed by atoms with Gasteiger partial charge in [0.15, 0.2) is 0 Å². The zero-order chi connectivity index (χ0) is 24.5. The van der Waals surface area contributed by atoms with Gasteiger partial charge in [0.1, 0.15) is 6.10 Å². The number of hydrogen-bond donors (Lipinski definition) is 2. The predicted octanol–water partition coefficient (Wildman–Crippen LogP) is 5.73. The van der Waals surface area contributed by atoms with E-state index in [1.54, 1.807) is 36.4 Å². The van der Waals surface area contributed by atoms with Crippen molar-refractivity contribution in [3.05, 3.63) is 65.2 Å². The summed E-state index contributed by atoms with van der Waals surface area (Å²) in [5.74, 6) is 0.0166. The number of esters is 2. The number of rotatable bonds is 9. The van der Waals surface area contributed by atoms with E-state index in [9.17, 15) is 9.59 Å². The second-order valence-electron chi connectivity index (χ2n) is 9.26. The number of nitrogens with two attached hydrogens (primary N) is 2. The smallest absolute Gasteiger partial charge is 0.338 e. The molecule has 182 valence electrons. The number of benzene rings is 2. The number of anilines is 2. The van der Waals surface area contributed by atoms with Crippen LogP contribution in [-0.4, -0.2) is 24.6 Å². The molecule has 6 nitrogen and oxygen atoms in total. The highest BCUT2D eigenvalue weighted by atomic mass is 16.5. The predicted molar refractivity (Wildman–Crippen MR) is 136 cm³/mol. The molecule has 1 fully saturated rings. The monoisotopic (exact) mass is 464 g/mol. The first kappa shape index (κ1) is 25.3. The molecule has 0 amide bonds. The Labute approximate surface area is 202 Å². The molecule has 1 aliphatic rings. The molecule has 0 bridgehead atoms. The Morgan fingerprint density at radius 1 is 1.03 bits per heavy atom. The number of ether oxygens (including phenoxy) is 2. The maximum absolute atomic E-state index is 12.5. The van der Waals surface area contributed by atoms with Gasteiger partial charge in [-0.15, -0.1) is 0 Å². The van der Waals surface area contributed by atoms with E-state index in [1.165, 1.54) is 18.9 Å². The molecular weight excluding hydrogens is 428 g/mol. The van der Waals surface area contributed by atoms with Gasteiger partial charge in [0.2, 0.25) is 0 Å². The van der Waals surface area contributed by atoms with E-state index in [1.807, 2.05) is 19.1 Å². The summed E-state index contributed by atoms with van der Waals surface area (Å²) in [5.41, 5.74) is 15.1. The molecule has 0 aliphatic heterocycles. The van der Waals surface area contributed by atoms with Gasteiger partial charge in [-0.05, 0) is 79.1 Å². The first-order valence-corrected chi connectivity index (χ1v) is 12.2. The van der Waals surface area contributed by atoms with Gasteiger partial charge < -0.3 is 20.9 Å². The standard InChI is InChI=1S/C28H36N2O4/c1-3-4-20-7-12-26(13-8-20)34-28(32)22-10-5-21(6-11-22)9-14-27(31)33-18-19(2)23-15-24(29)17-25(30)16-23/h5-6,9-11,14-17,19-20,26H,3-4,7-8,12-13,18,29-30H2,1-2H3. The first-order valence-electron chi connectivity index (χ1n) is 12.2. The summed E-state index contributed by atoms with van der Waals surface area (Å²) < 4.78 is 11.0. The maximum atomic E-state index is 12.5. The molecule has 0 saturated heterocycles. The van der Waals surface area contributed by atoms with Crippen molar-refractivity contribution < 1.29 is 19.1 Å². The van der Waals surface area contributed by atoms with Gasteiger partial charge >= 0.3 is 11.9 Å². The van der Waals surface area contributed by atoms with E-state index in [-0.39, 0.29) is 24.6 Å². The highest BCUT2D eigenvalue weighted by Crippen LogP contribution is 2.29. The Morgan fingerprint density at radius 3 is 2.29 bits per heavy atom. The molecule has 34 heavy (non-hydrogen) atoms. The van der Waals surface area contributed by atoms with Crippen LogP contribution in [0.1, 0.15) is 79.8 Å². The van der Waals surface area contributed by atoms with Crippen molar-refractivity contribution in [1.29, 1.82) is 0 Å². The fourth-order valence-corrected chi connectivity index (χ4v) is 4.40. The van der Waals surface area contributed by atoms with E-state index >= 15 is 0 Å². The Morgan fingerprint density at radius 2 is 1.68 bits per heavy atom. The van der Waals surface area contributed by atoms with Gasteiger partial charge in [-0.1, -0.05) is 38.8 Å². The van der Waals surface area contributed by atoms with Crippen LogP contribution < -0.4 is 11.5 Å². The Hall–Kier alpha value is -3.28. The van der Waals surface area contributed by atoms with E-state index in [2.05, 4.69) is 6.92 Å². The Bertz CT molecular complexity index is 972. The van der Waals surface area contributed by atoms with E-state index in [4.69, 9.17) is 20.9 Å². The lowest BCUT2D eigenvalue weighted by Gasteiger charge is -2.28. The number of carbonyl (C=O) groups is 2. The van der Waals surface area contributed by atoms with E-state index in [0.29, 0.717) is 16.9 Å². The largest absolute Gasteiger partial charge is 0.462 e. The third-order valence-electron chi connectivity index (χ3n) is 6.37. The normalized spacial score (nSPS) is 19.0. The molecule has 0 aromatic heterocycles. The highest BCUT2D eigenvalue weighted by molar-refractivity contribution is 5.90. The third-order valence-corrected chi connectivity index (χ3v) is 6.37. The summed E-state index contributed by atoms with van der Waals surface area (Å²) in [5, 5.41) is 0. The molecule has 0 radical (unpaired) electrons. The fourth-order valence-electron chi connectivity index (χ4n) is 4.40. The summed E-state index contributed by atoms with van der Waals surface area (Å²) in [4.78, 5) is 24.6. The zero-order valence-electron chi connectivity index (χ0n) is 20.2. The molecule has 3 rings (SSSR count). The van der Waals surface area contributed by atoms with Gasteiger partial charge in [0.05, 0.1) is 12.2 Å². The molecule has 0 heterocycles. The maximum Gasteiger partial charge on any atom is 0.338 e. The van der Waals surface area contributed by atoms with Gasteiger partial charge in [-0.2, -0.15) is 0 Å². The summed E-state index contributed by atoms with van der Waals surface area (Å²) in [6, 6.07) is 12.4. The quantitative estimate of drug-likeness (QED) is 0.279. The topological polar surface area (TPSA) is 105 Å². The molecule has 4 N–H and O–H groups in total. The lowest BCUT2D eigenvalue weighted by Crippen LogP contribution is -2.24. The molecule has 6 heteroatoms. The minimum Gasteiger partial charge on any atom is -0.462 e. The van der Waals surface area contributed by atoms with Gasteiger partial charge in [0.25, 0.3) is 0 Å². The van der Waals surface area contributed by atoms with Gasteiger partial charge in [-0.25, -0.2) is 9.59 Å². The number of carbonyl (C=O) groups excluding carboxylic acids is 2. The van der Waals surface area contributed by atoms with Crippen LogP contribution in [0, 0.1) is 5.92 Å². The van der Waals surface area contributed by atoms with Crippen LogP contribution in [0.2, 0.25) is 0 Å². The Balaban J connectivity index is 1.44. The minimum absolute atomic E-state index is 0.0149. The second-order valence-corrected chi connectivity index (χ2v) is 9.26. The minimum atomic E-state index is -0.439. The van der Waals surface area contributed by atoms with Crippen molar-refractivity contribution in [3.63, 3.8) is 0 Å². The van der Waals surface area contributed by atoms with Crippen molar-refractivity contribution >= 4 is 29.4 Å². The highest BCUT2D eigenvalue weighted by Gasteiger charge is 2.23. The molecule has 1 atom stereocenters. The van der Waals surface area contributed by atoms with Gasteiger partial charge in [-0.3, -0.25) is 0 Å². The average molecular weight is 465 g/mol. The molecule has 2 aromatic rings. The fraction of sp³-hybridized carbons (Fsp3) is 0.429. The van der Waals surface area contributed by atoms with Crippen LogP contribution >= 0.6 is 0 Å². The van der Waals surface area contributed by atoms with E-state index in [0.717, 1.165) is 42.7 Å². The second kappa shape index (κ2) is 12.3. The van der Waals surface area contributed by atoms with Crippen molar-refractivity contribution in [2.75, 3.05) is 18.1 Å². The number of nitrogen functional groups attached to an aromatic ring is 2. The summed E-state index contributed by atoms with van der Waals surface area (Å²) >= 11 is 0. The van der Waals surface area contributed by atoms with Crippen molar-refractivity contribution in [2.45, 2.75) is 64.4 Å². The summed E-state index contributed by atoms with van der Waals surface area (Å²) in [6.45, 7) is 4.38. The van der Waals surface area contributed by atoms with Gasteiger partial charge in [0, 0.05) is 23.4 Å². The van der Waals surface area contributed by atoms with Crippen LogP contribution in [0.15, 0.2) is 48.5 Å². The molecule has 1 unspecified atom stereocenters. The van der Waals surface area contributed by atoms with Crippen LogP contribution in [-0.2, 0) is 14.3 Å². The lowest BCUT2D eigenvalue weighted by atomic mass is 9.85. The van der Waals surface area contributed by atoms with Crippen LogP contribution in [0.4, 0.5) is 11.4 Å². The van der Waals surface area contributed by atoms with Crippen molar-refractivity contribution in [3.8, 4) is 0 Å². The van der Waals surface area contributed by atoms with E-state index < -0.39 is 5.97 Å². The van der Waals surface area contributed by atoms with Crippen LogP contribution in [0.25, 0.3) is 6.08 Å². The molecular formula is C28H36N2O4. The molecule has 0 spiro atoms. The Kier molecular flexibility index (Phi) is 9.14. The van der Waals surface area contributed by atoms with Crippen molar-refractivity contribution in [2.24, 2.45) is 5.92 Å². The molecule has 2 aromatic carbocycles. The van der Waals surface area contributed by atoms with Crippen LogP contribution in [0.5, 0.6) is 0 Å². The summed E-state index contributed by atoms with van der Waals surface area (Å²) in [6.07, 6.45) is 9.70.